The fourth-order valence-electron chi connectivity index (χ4n) is 2.42. The second-order valence-corrected chi connectivity index (χ2v) is 6.06. The Kier molecular flexibility index (Phi) is 6.24. The standard InChI is InChI=1S/C20H26N2O2/c1-5-14(2)18-8-6-7-9-19(18)22-20(23)21-13-24-17-11-10-15(3)16(4)12-17/h6-12,14H,5,13H2,1-4H3,(H2,21,22,23). The van der Waals surface area contributed by atoms with Gasteiger partial charge in [0.05, 0.1) is 0 Å². The molecule has 0 aromatic heterocycles. The number of urea groups is 1. The predicted molar refractivity (Wildman–Crippen MR) is 98.7 cm³/mol. The Bertz CT molecular complexity index is 698. The molecular formula is C20H26N2O2. The van der Waals surface area contributed by atoms with E-state index < -0.39 is 0 Å². The van der Waals surface area contributed by atoms with Gasteiger partial charge >= 0.3 is 6.03 Å². The zero-order chi connectivity index (χ0) is 17.5. The van der Waals surface area contributed by atoms with E-state index in [1.54, 1.807) is 0 Å². The van der Waals surface area contributed by atoms with E-state index in [2.05, 4.69) is 37.5 Å². The molecule has 2 aromatic carbocycles. The lowest BCUT2D eigenvalue weighted by molar-refractivity contribution is 0.234. The summed E-state index contributed by atoms with van der Waals surface area (Å²) >= 11 is 0. The summed E-state index contributed by atoms with van der Waals surface area (Å²) in [5.74, 6) is 1.15. The Balaban J connectivity index is 1.89. The summed E-state index contributed by atoms with van der Waals surface area (Å²) in [4.78, 5) is 12.1. The van der Waals surface area contributed by atoms with Crippen LogP contribution in [-0.2, 0) is 0 Å². The maximum atomic E-state index is 12.1. The largest absolute Gasteiger partial charge is 0.473 e. The number of para-hydroxylation sites is 1. The molecule has 1 atom stereocenters. The number of nitrogens with one attached hydrogen (secondary N) is 2. The molecule has 0 radical (unpaired) electrons. The third kappa shape index (κ3) is 4.75. The minimum Gasteiger partial charge on any atom is -0.473 e. The lowest BCUT2D eigenvalue weighted by atomic mass is 9.97. The Morgan fingerprint density at radius 3 is 2.58 bits per heavy atom. The van der Waals surface area contributed by atoms with E-state index in [4.69, 9.17) is 4.74 Å². The van der Waals surface area contributed by atoms with E-state index in [-0.39, 0.29) is 12.8 Å². The summed E-state index contributed by atoms with van der Waals surface area (Å²) in [5, 5.41) is 5.63. The number of hydrogen-bond donors (Lipinski definition) is 2. The van der Waals surface area contributed by atoms with Crippen molar-refractivity contribution in [2.45, 2.75) is 40.0 Å². The highest BCUT2D eigenvalue weighted by atomic mass is 16.5. The summed E-state index contributed by atoms with van der Waals surface area (Å²) in [6.45, 7) is 8.51. The maximum Gasteiger partial charge on any atom is 0.321 e. The first-order valence-corrected chi connectivity index (χ1v) is 8.35. The van der Waals surface area contributed by atoms with Crippen molar-refractivity contribution < 1.29 is 9.53 Å². The molecule has 0 bridgehead atoms. The number of benzene rings is 2. The zero-order valence-corrected chi connectivity index (χ0v) is 14.8. The highest BCUT2D eigenvalue weighted by molar-refractivity contribution is 5.90. The van der Waals surface area contributed by atoms with Crippen molar-refractivity contribution in [3.05, 3.63) is 59.2 Å². The maximum absolute atomic E-state index is 12.1. The molecule has 24 heavy (non-hydrogen) atoms. The highest BCUT2D eigenvalue weighted by Gasteiger charge is 2.10. The van der Waals surface area contributed by atoms with Gasteiger partial charge in [-0.15, -0.1) is 0 Å². The van der Waals surface area contributed by atoms with E-state index in [0.29, 0.717) is 5.92 Å². The zero-order valence-electron chi connectivity index (χ0n) is 14.8. The van der Waals surface area contributed by atoms with Crippen LogP contribution in [0.15, 0.2) is 42.5 Å². The number of amides is 2. The number of ether oxygens (including phenoxy) is 1. The third-order valence-electron chi connectivity index (χ3n) is 4.30. The second-order valence-electron chi connectivity index (χ2n) is 6.06. The van der Waals surface area contributed by atoms with Gasteiger partial charge in [0.15, 0.2) is 6.73 Å². The van der Waals surface area contributed by atoms with Crippen LogP contribution in [0.2, 0.25) is 0 Å². The van der Waals surface area contributed by atoms with Crippen LogP contribution in [0.25, 0.3) is 0 Å². The molecule has 4 heteroatoms. The predicted octanol–water partition coefficient (Wildman–Crippen LogP) is 4.97. The van der Waals surface area contributed by atoms with Gasteiger partial charge in [-0.25, -0.2) is 4.79 Å². The molecular weight excluding hydrogens is 300 g/mol. The monoisotopic (exact) mass is 326 g/mol. The molecule has 4 nitrogen and oxygen atoms in total. The van der Waals surface area contributed by atoms with Gasteiger partial charge < -0.3 is 15.4 Å². The SMILES string of the molecule is CCC(C)c1ccccc1NC(=O)NCOc1ccc(C)c(C)c1. The van der Waals surface area contributed by atoms with Crippen molar-refractivity contribution in [1.29, 1.82) is 0 Å². The number of anilines is 1. The number of aryl methyl sites for hydroxylation is 2. The van der Waals surface area contributed by atoms with E-state index in [9.17, 15) is 4.79 Å². The minimum atomic E-state index is -0.269. The van der Waals surface area contributed by atoms with E-state index in [1.165, 1.54) is 11.1 Å². The van der Waals surface area contributed by atoms with Gasteiger partial charge in [-0.1, -0.05) is 38.1 Å². The fourth-order valence-corrected chi connectivity index (χ4v) is 2.42. The Morgan fingerprint density at radius 1 is 1.12 bits per heavy atom. The van der Waals surface area contributed by atoms with Gasteiger partial charge in [0.1, 0.15) is 5.75 Å². The molecule has 0 spiro atoms. The van der Waals surface area contributed by atoms with Gasteiger partial charge in [-0.05, 0) is 61.1 Å². The topological polar surface area (TPSA) is 50.4 Å². The van der Waals surface area contributed by atoms with Crippen LogP contribution in [-0.4, -0.2) is 12.8 Å². The fraction of sp³-hybridized carbons (Fsp3) is 0.350. The molecule has 0 aliphatic carbocycles. The summed E-state index contributed by atoms with van der Waals surface area (Å²) in [7, 11) is 0. The van der Waals surface area contributed by atoms with Crippen molar-refractivity contribution in [3.8, 4) is 5.75 Å². The smallest absolute Gasteiger partial charge is 0.321 e. The Morgan fingerprint density at radius 2 is 1.88 bits per heavy atom. The lowest BCUT2D eigenvalue weighted by Gasteiger charge is -2.16. The normalized spacial score (nSPS) is 11.7. The van der Waals surface area contributed by atoms with Crippen LogP contribution in [0.1, 0.15) is 42.9 Å². The van der Waals surface area contributed by atoms with E-state index in [1.807, 2.05) is 43.3 Å². The van der Waals surface area contributed by atoms with Crippen LogP contribution < -0.4 is 15.4 Å². The molecule has 128 valence electrons. The van der Waals surface area contributed by atoms with E-state index in [0.717, 1.165) is 23.4 Å². The number of hydrogen-bond acceptors (Lipinski definition) is 2. The van der Waals surface area contributed by atoms with Gasteiger partial charge in [0.25, 0.3) is 0 Å². The van der Waals surface area contributed by atoms with Crippen molar-refractivity contribution in [2.24, 2.45) is 0 Å². The van der Waals surface area contributed by atoms with Crippen LogP contribution in [0.4, 0.5) is 10.5 Å². The highest BCUT2D eigenvalue weighted by Crippen LogP contribution is 2.26. The van der Waals surface area contributed by atoms with Crippen LogP contribution >= 0.6 is 0 Å². The molecule has 2 N–H and O–H groups in total. The molecule has 0 heterocycles. The molecule has 0 saturated heterocycles. The van der Waals surface area contributed by atoms with Crippen molar-refractivity contribution in [3.63, 3.8) is 0 Å². The third-order valence-corrected chi connectivity index (χ3v) is 4.30. The molecule has 0 aliphatic heterocycles. The van der Waals surface area contributed by atoms with E-state index >= 15 is 0 Å². The Hall–Kier alpha value is -2.49. The van der Waals surface area contributed by atoms with Crippen molar-refractivity contribution >= 4 is 11.7 Å². The summed E-state index contributed by atoms with van der Waals surface area (Å²) in [5.41, 5.74) is 4.37. The number of rotatable bonds is 6. The lowest BCUT2D eigenvalue weighted by Crippen LogP contribution is -2.32. The van der Waals surface area contributed by atoms with Gasteiger partial charge in [-0.2, -0.15) is 0 Å². The average molecular weight is 326 g/mol. The molecule has 0 fully saturated rings. The van der Waals surface area contributed by atoms with Gasteiger partial charge in [0.2, 0.25) is 0 Å². The summed E-state index contributed by atoms with van der Waals surface area (Å²) in [6.07, 6.45) is 1.02. The molecule has 2 rings (SSSR count). The molecule has 1 unspecified atom stereocenters. The molecule has 2 aromatic rings. The minimum absolute atomic E-state index is 0.125. The van der Waals surface area contributed by atoms with Crippen molar-refractivity contribution in [1.82, 2.24) is 5.32 Å². The van der Waals surface area contributed by atoms with Crippen LogP contribution in [0.3, 0.4) is 0 Å². The average Bonchev–Trinajstić information content (AvgIpc) is 2.58. The summed E-state index contributed by atoms with van der Waals surface area (Å²) < 4.78 is 5.58. The Labute approximate surface area is 144 Å². The first-order chi connectivity index (χ1) is 11.5. The van der Waals surface area contributed by atoms with Gasteiger partial charge in [0, 0.05) is 5.69 Å². The summed E-state index contributed by atoms with van der Waals surface area (Å²) in [6, 6.07) is 13.5. The van der Waals surface area contributed by atoms with Crippen LogP contribution in [0, 0.1) is 13.8 Å². The first-order valence-electron chi connectivity index (χ1n) is 8.35. The number of carbonyl (C=O) groups is 1. The van der Waals surface area contributed by atoms with Gasteiger partial charge in [-0.3, -0.25) is 0 Å². The van der Waals surface area contributed by atoms with Crippen molar-refractivity contribution in [2.75, 3.05) is 12.0 Å². The molecule has 0 aliphatic rings. The van der Waals surface area contributed by atoms with Crippen LogP contribution in [0.5, 0.6) is 5.75 Å². The second kappa shape index (κ2) is 8.39. The molecule has 2 amide bonds. The number of carbonyl (C=O) groups excluding carboxylic acids is 1. The first kappa shape index (κ1) is 17.9. The molecule has 0 saturated carbocycles. The quantitative estimate of drug-likeness (QED) is 0.736.